The smallest absolute Gasteiger partial charge is 0.273 e. The van der Waals surface area contributed by atoms with Crippen molar-refractivity contribution >= 4 is 23.2 Å². The van der Waals surface area contributed by atoms with E-state index in [0.29, 0.717) is 12.3 Å². The summed E-state index contributed by atoms with van der Waals surface area (Å²) in [6.45, 7) is 4.79. The zero-order valence-corrected chi connectivity index (χ0v) is 21.4. The average molecular weight is 502 g/mol. The van der Waals surface area contributed by atoms with Crippen LogP contribution in [0.2, 0.25) is 0 Å². The molecule has 3 aromatic rings. The van der Waals surface area contributed by atoms with E-state index < -0.39 is 0 Å². The highest BCUT2D eigenvalue weighted by Gasteiger charge is 2.39. The van der Waals surface area contributed by atoms with Crippen molar-refractivity contribution in [1.82, 2.24) is 14.8 Å². The third kappa shape index (κ3) is 4.64. The number of amides is 2. The largest absolute Gasteiger partial charge is 0.486 e. The number of carbonyl (C=O) groups is 2. The summed E-state index contributed by atoms with van der Waals surface area (Å²) < 4.78 is 6.16. The highest BCUT2D eigenvalue weighted by molar-refractivity contribution is 7.09. The lowest BCUT2D eigenvalue weighted by atomic mass is 9.87. The Kier molecular flexibility index (Phi) is 6.25. The molecule has 0 N–H and O–H groups in total. The maximum absolute atomic E-state index is 13.2. The van der Waals surface area contributed by atoms with Crippen molar-refractivity contribution in [2.45, 2.75) is 51.7 Å². The first-order valence-corrected chi connectivity index (χ1v) is 13.8. The molecule has 0 spiro atoms. The van der Waals surface area contributed by atoms with Gasteiger partial charge in [-0.15, -0.1) is 11.3 Å². The molecule has 186 valence electrons. The van der Waals surface area contributed by atoms with Gasteiger partial charge in [-0.25, -0.2) is 4.98 Å². The van der Waals surface area contributed by atoms with Crippen LogP contribution in [0.15, 0.2) is 47.8 Å². The van der Waals surface area contributed by atoms with Crippen LogP contribution in [0, 0.1) is 12.8 Å². The number of hydrogen-bond acceptors (Lipinski definition) is 5. The van der Waals surface area contributed by atoms with Gasteiger partial charge >= 0.3 is 0 Å². The number of carbonyl (C=O) groups excluding carboxylic acids is 2. The predicted octanol–water partition coefficient (Wildman–Crippen LogP) is 5.15. The Morgan fingerprint density at radius 3 is 2.69 bits per heavy atom. The summed E-state index contributed by atoms with van der Waals surface area (Å²) >= 11 is 1.46. The highest BCUT2D eigenvalue weighted by atomic mass is 32.1. The van der Waals surface area contributed by atoms with E-state index in [1.807, 2.05) is 16.3 Å². The SMILES string of the molecule is Cc1cccc([C@@H]2c3cc(OCc4nc(C(=O)N5CCCC5)cs4)ccc3CCN2C(=O)C2CC2)c1. The predicted molar refractivity (Wildman–Crippen MR) is 139 cm³/mol. The number of hydrogen-bond donors (Lipinski definition) is 0. The minimum atomic E-state index is -0.102. The molecule has 2 fully saturated rings. The van der Waals surface area contributed by atoms with Crippen LogP contribution >= 0.6 is 11.3 Å². The number of likely N-dealkylation sites (tertiary alicyclic amines) is 1. The zero-order chi connectivity index (χ0) is 24.6. The Morgan fingerprint density at radius 2 is 1.92 bits per heavy atom. The van der Waals surface area contributed by atoms with E-state index in [1.165, 1.54) is 22.5 Å². The lowest BCUT2D eigenvalue weighted by Gasteiger charge is -2.38. The Morgan fingerprint density at radius 1 is 1.08 bits per heavy atom. The Labute approximate surface area is 215 Å². The van der Waals surface area contributed by atoms with Crippen molar-refractivity contribution in [2.75, 3.05) is 19.6 Å². The highest BCUT2D eigenvalue weighted by Crippen LogP contribution is 2.41. The number of aromatic nitrogens is 1. The van der Waals surface area contributed by atoms with Crippen LogP contribution < -0.4 is 4.74 Å². The Balaban J connectivity index is 1.23. The fourth-order valence-corrected chi connectivity index (χ4v) is 6.07. The molecule has 36 heavy (non-hydrogen) atoms. The summed E-state index contributed by atoms with van der Waals surface area (Å²) in [6, 6.07) is 14.6. The molecule has 6 rings (SSSR count). The van der Waals surface area contributed by atoms with E-state index in [0.717, 1.165) is 73.6 Å². The molecule has 3 heterocycles. The minimum absolute atomic E-state index is 0.0187. The maximum Gasteiger partial charge on any atom is 0.273 e. The normalized spacial score (nSPS) is 19.3. The van der Waals surface area contributed by atoms with Gasteiger partial charge in [-0.3, -0.25) is 9.59 Å². The van der Waals surface area contributed by atoms with Gasteiger partial charge in [0.1, 0.15) is 23.1 Å². The second-order valence-corrected chi connectivity index (χ2v) is 11.1. The third-order valence-electron chi connectivity index (χ3n) is 7.44. The molecule has 1 saturated carbocycles. The van der Waals surface area contributed by atoms with Crippen LogP contribution in [0.4, 0.5) is 0 Å². The van der Waals surface area contributed by atoms with Gasteiger partial charge in [-0.05, 0) is 67.9 Å². The van der Waals surface area contributed by atoms with Crippen LogP contribution in [0.25, 0.3) is 0 Å². The Hall–Kier alpha value is -3.19. The summed E-state index contributed by atoms with van der Waals surface area (Å²) in [7, 11) is 0. The van der Waals surface area contributed by atoms with Crippen molar-refractivity contribution in [1.29, 1.82) is 0 Å². The van der Waals surface area contributed by atoms with Gasteiger partial charge in [-0.1, -0.05) is 35.9 Å². The van der Waals surface area contributed by atoms with Gasteiger partial charge < -0.3 is 14.5 Å². The van der Waals surface area contributed by atoms with E-state index in [9.17, 15) is 9.59 Å². The molecule has 0 unspecified atom stereocenters. The summed E-state index contributed by atoms with van der Waals surface area (Å²) in [6.07, 6.45) is 4.99. The quantitative estimate of drug-likeness (QED) is 0.469. The number of rotatable bonds is 6. The molecular formula is C29H31N3O3S. The van der Waals surface area contributed by atoms with Crippen molar-refractivity contribution in [2.24, 2.45) is 5.92 Å². The van der Waals surface area contributed by atoms with E-state index in [4.69, 9.17) is 4.74 Å². The molecule has 1 aliphatic carbocycles. The third-order valence-corrected chi connectivity index (χ3v) is 8.26. The van der Waals surface area contributed by atoms with Gasteiger partial charge in [0.2, 0.25) is 5.91 Å². The molecule has 1 atom stereocenters. The number of thiazole rings is 1. The van der Waals surface area contributed by atoms with Gasteiger partial charge in [0, 0.05) is 30.9 Å². The van der Waals surface area contributed by atoms with Crippen LogP contribution in [-0.4, -0.2) is 46.2 Å². The molecule has 7 heteroatoms. The average Bonchev–Trinajstić information content (AvgIpc) is 3.38. The van der Waals surface area contributed by atoms with Crippen molar-refractivity contribution in [3.63, 3.8) is 0 Å². The molecule has 1 saturated heterocycles. The molecule has 0 radical (unpaired) electrons. The Bertz CT molecular complexity index is 1290. The monoisotopic (exact) mass is 501 g/mol. The van der Waals surface area contributed by atoms with E-state index in [-0.39, 0.29) is 23.8 Å². The summed E-state index contributed by atoms with van der Waals surface area (Å²) in [5.74, 6) is 1.23. The van der Waals surface area contributed by atoms with Gasteiger partial charge in [0.15, 0.2) is 0 Å². The second-order valence-electron chi connectivity index (χ2n) is 10.1. The number of benzene rings is 2. The molecule has 6 nitrogen and oxygen atoms in total. The maximum atomic E-state index is 13.2. The summed E-state index contributed by atoms with van der Waals surface area (Å²) in [5, 5.41) is 2.62. The molecule has 2 aliphatic heterocycles. The van der Waals surface area contributed by atoms with Crippen molar-refractivity contribution in [3.8, 4) is 5.75 Å². The number of fused-ring (bicyclic) bond motifs is 1. The van der Waals surface area contributed by atoms with Crippen LogP contribution in [0.1, 0.15) is 69.5 Å². The number of ether oxygens (including phenoxy) is 1. The molecule has 2 amide bonds. The lowest BCUT2D eigenvalue weighted by Crippen LogP contribution is -2.41. The van der Waals surface area contributed by atoms with Crippen molar-refractivity contribution < 1.29 is 14.3 Å². The first-order valence-electron chi connectivity index (χ1n) is 12.9. The van der Waals surface area contributed by atoms with E-state index >= 15 is 0 Å². The molecular weight excluding hydrogens is 470 g/mol. The second kappa shape index (κ2) is 9.69. The molecule has 3 aliphatic rings. The lowest BCUT2D eigenvalue weighted by molar-refractivity contribution is -0.134. The number of aryl methyl sites for hydroxylation is 1. The molecule has 0 bridgehead atoms. The summed E-state index contributed by atoms with van der Waals surface area (Å²) in [5.41, 5.74) is 5.25. The first kappa shape index (κ1) is 23.2. The molecule has 1 aromatic heterocycles. The standard InChI is InChI=1S/C29H31N3O3S/c1-19-5-4-6-22(15-19)27-24-16-23(10-9-20(24)11-14-32(27)28(33)21-7-8-21)35-17-26-30-25(18-36-26)29(34)31-12-2-3-13-31/h4-6,9-10,15-16,18,21,27H,2-3,7-8,11-14,17H2,1H3/t27-/m1/s1. The van der Waals surface area contributed by atoms with Crippen LogP contribution in [-0.2, 0) is 17.8 Å². The molecule has 2 aromatic carbocycles. The fraction of sp³-hybridized carbons (Fsp3) is 0.414. The first-order chi connectivity index (χ1) is 17.6. The zero-order valence-electron chi connectivity index (χ0n) is 20.6. The number of nitrogens with zero attached hydrogens (tertiary/aromatic N) is 3. The van der Waals surface area contributed by atoms with Crippen LogP contribution in [0.3, 0.4) is 0 Å². The van der Waals surface area contributed by atoms with Crippen LogP contribution in [0.5, 0.6) is 5.75 Å². The van der Waals surface area contributed by atoms with Gasteiger partial charge in [0.05, 0.1) is 6.04 Å². The van der Waals surface area contributed by atoms with E-state index in [2.05, 4.69) is 53.2 Å². The topological polar surface area (TPSA) is 62.7 Å². The minimum Gasteiger partial charge on any atom is -0.486 e. The van der Waals surface area contributed by atoms with E-state index in [1.54, 1.807) is 0 Å². The fourth-order valence-electron chi connectivity index (χ4n) is 5.39. The van der Waals surface area contributed by atoms with Gasteiger partial charge in [-0.2, -0.15) is 0 Å². The summed E-state index contributed by atoms with van der Waals surface area (Å²) in [4.78, 5) is 34.4. The van der Waals surface area contributed by atoms with Crippen molar-refractivity contribution in [3.05, 3.63) is 80.8 Å². The van der Waals surface area contributed by atoms with Gasteiger partial charge in [0.25, 0.3) is 5.91 Å².